The van der Waals surface area contributed by atoms with Crippen LogP contribution in [0.1, 0.15) is 25.3 Å². The lowest BCUT2D eigenvalue weighted by molar-refractivity contribution is 0.298. The van der Waals surface area contributed by atoms with E-state index in [9.17, 15) is 4.39 Å². The number of halogens is 1. The van der Waals surface area contributed by atoms with Gasteiger partial charge in [0.05, 0.1) is 6.61 Å². The van der Waals surface area contributed by atoms with Crippen molar-refractivity contribution in [3.63, 3.8) is 0 Å². The van der Waals surface area contributed by atoms with Gasteiger partial charge in [-0.2, -0.15) is 0 Å². The van der Waals surface area contributed by atoms with Crippen molar-refractivity contribution in [2.45, 2.75) is 32.2 Å². The van der Waals surface area contributed by atoms with Crippen molar-refractivity contribution in [3.05, 3.63) is 29.6 Å². The van der Waals surface area contributed by atoms with Crippen molar-refractivity contribution in [1.29, 1.82) is 0 Å². The van der Waals surface area contributed by atoms with Crippen LogP contribution in [0, 0.1) is 11.7 Å². The average Bonchev–Trinajstić information content (AvgIpc) is 2.95. The molecule has 0 amide bonds. The highest BCUT2D eigenvalue weighted by Crippen LogP contribution is 2.29. The van der Waals surface area contributed by atoms with Crippen LogP contribution in [-0.2, 0) is 6.42 Å². The van der Waals surface area contributed by atoms with Crippen molar-refractivity contribution < 1.29 is 9.13 Å². The van der Waals surface area contributed by atoms with Crippen molar-refractivity contribution >= 4 is 0 Å². The largest absolute Gasteiger partial charge is 0.493 e. The Morgan fingerprint density at radius 3 is 2.81 bits per heavy atom. The smallest absolute Gasteiger partial charge is 0.127 e. The molecule has 3 heteroatoms. The molecule has 0 saturated heterocycles. The van der Waals surface area contributed by atoms with Gasteiger partial charge in [-0.3, -0.25) is 0 Å². The molecule has 0 aromatic heterocycles. The molecule has 1 aliphatic rings. The summed E-state index contributed by atoms with van der Waals surface area (Å²) < 4.78 is 18.8. The molecule has 0 spiro atoms. The Morgan fingerprint density at radius 2 is 2.19 bits per heavy atom. The molecule has 1 atom stereocenters. The van der Waals surface area contributed by atoms with E-state index < -0.39 is 0 Å². The molecular formula is C13H18FNO. The van der Waals surface area contributed by atoms with E-state index in [1.165, 1.54) is 25.0 Å². The Morgan fingerprint density at radius 1 is 1.44 bits per heavy atom. The fraction of sp³-hybridized carbons (Fsp3) is 0.538. The lowest BCUT2D eigenvalue weighted by Crippen LogP contribution is -2.17. The predicted molar refractivity (Wildman–Crippen MR) is 62.0 cm³/mol. The summed E-state index contributed by atoms with van der Waals surface area (Å²) in [4.78, 5) is 0. The number of rotatable bonds is 5. The van der Waals surface area contributed by atoms with E-state index >= 15 is 0 Å². The second kappa shape index (κ2) is 4.83. The number of hydrogen-bond acceptors (Lipinski definition) is 2. The van der Waals surface area contributed by atoms with E-state index in [1.54, 1.807) is 0 Å². The van der Waals surface area contributed by atoms with Gasteiger partial charge in [-0.25, -0.2) is 4.39 Å². The monoisotopic (exact) mass is 223 g/mol. The predicted octanol–water partition coefficient (Wildman–Crippen LogP) is 2.50. The Kier molecular flexibility index (Phi) is 3.44. The molecular weight excluding hydrogens is 205 g/mol. The third-order valence-corrected chi connectivity index (χ3v) is 2.67. The minimum absolute atomic E-state index is 0.0399. The molecule has 2 N–H and O–H groups in total. The van der Waals surface area contributed by atoms with E-state index in [-0.39, 0.29) is 11.9 Å². The normalized spacial score (nSPS) is 17.2. The standard InChI is InChI=1S/C13H18FNO/c1-9(15)4-11-5-12(14)7-13(6-11)16-8-10-2-3-10/h5-7,9-10H,2-4,8,15H2,1H3. The fourth-order valence-electron chi connectivity index (χ4n) is 1.69. The average molecular weight is 223 g/mol. The van der Waals surface area contributed by atoms with Crippen LogP contribution in [0.5, 0.6) is 5.75 Å². The van der Waals surface area contributed by atoms with Gasteiger partial charge < -0.3 is 10.5 Å². The molecule has 0 radical (unpaired) electrons. The van der Waals surface area contributed by atoms with Crippen LogP contribution in [0.2, 0.25) is 0 Å². The third-order valence-electron chi connectivity index (χ3n) is 2.67. The first-order valence-corrected chi connectivity index (χ1v) is 5.81. The third kappa shape index (κ3) is 3.49. The summed E-state index contributed by atoms with van der Waals surface area (Å²) in [6.45, 7) is 2.62. The van der Waals surface area contributed by atoms with Crippen LogP contribution < -0.4 is 10.5 Å². The molecule has 88 valence electrons. The zero-order valence-corrected chi connectivity index (χ0v) is 9.58. The minimum atomic E-state index is -0.246. The SMILES string of the molecule is CC(N)Cc1cc(F)cc(OCC2CC2)c1. The van der Waals surface area contributed by atoms with Crippen molar-refractivity contribution in [2.24, 2.45) is 11.7 Å². The number of benzene rings is 1. The number of ether oxygens (including phenoxy) is 1. The molecule has 1 aliphatic carbocycles. The van der Waals surface area contributed by atoms with Crippen LogP contribution in [0.3, 0.4) is 0 Å². The maximum absolute atomic E-state index is 13.3. The summed E-state index contributed by atoms with van der Waals surface area (Å²) in [7, 11) is 0. The van der Waals surface area contributed by atoms with Crippen LogP contribution in [0.25, 0.3) is 0 Å². The van der Waals surface area contributed by atoms with Gasteiger partial charge in [-0.05, 0) is 49.8 Å². The van der Waals surface area contributed by atoms with Gasteiger partial charge in [-0.15, -0.1) is 0 Å². The molecule has 0 heterocycles. The summed E-state index contributed by atoms with van der Waals surface area (Å²) in [5, 5.41) is 0. The first-order valence-electron chi connectivity index (χ1n) is 5.81. The topological polar surface area (TPSA) is 35.2 Å². The first kappa shape index (κ1) is 11.4. The zero-order valence-electron chi connectivity index (χ0n) is 9.58. The molecule has 1 aromatic carbocycles. The molecule has 2 nitrogen and oxygen atoms in total. The molecule has 1 unspecified atom stereocenters. The van der Waals surface area contributed by atoms with E-state index in [4.69, 9.17) is 10.5 Å². The fourth-order valence-corrected chi connectivity index (χ4v) is 1.69. The van der Waals surface area contributed by atoms with E-state index in [2.05, 4.69) is 0 Å². The summed E-state index contributed by atoms with van der Waals surface area (Å²) in [6, 6.07) is 4.88. The van der Waals surface area contributed by atoms with Crippen molar-refractivity contribution in [2.75, 3.05) is 6.61 Å². The van der Waals surface area contributed by atoms with Gasteiger partial charge in [0.15, 0.2) is 0 Å². The molecule has 1 fully saturated rings. The second-order valence-electron chi connectivity index (χ2n) is 4.73. The molecule has 16 heavy (non-hydrogen) atoms. The molecule has 1 aromatic rings. The Hall–Kier alpha value is -1.09. The summed E-state index contributed by atoms with van der Waals surface area (Å²) in [5.41, 5.74) is 6.60. The molecule has 2 rings (SSSR count). The summed E-state index contributed by atoms with van der Waals surface area (Å²) in [6.07, 6.45) is 3.15. The van der Waals surface area contributed by atoms with Gasteiger partial charge in [0.2, 0.25) is 0 Å². The molecule has 1 saturated carbocycles. The molecule has 0 bridgehead atoms. The summed E-state index contributed by atoms with van der Waals surface area (Å²) >= 11 is 0. The lowest BCUT2D eigenvalue weighted by atomic mass is 10.1. The van der Waals surface area contributed by atoms with Gasteiger partial charge in [0.1, 0.15) is 11.6 Å². The van der Waals surface area contributed by atoms with E-state index in [1.807, 2.05) is 13.0 Å². The highest BCUT2D eigenvalue weighted by atomic mass is 19.1. The Labute approximate surface area is 95.6 Å². The maximum atomic E-state index is 13.3. The number of nitrogens with two attached hydrogens (primary N) is 1. The van der Waals surface area contributed by atoms with Gasteiger partial charge in [-0.1, -0.05) is 0 Å². The van der Waals surface area contributed by atoms with Gasteiger partial charge >= 0.3 is 0 Å². The molecule has 0 aliphatic heterocycles. The quantitative estimate of drug-likeness (QED) is 0.832. The van der Waals surface area contributed by atoms with E-state index in [0.717, 1.165) is 5.56 Å². The van der Waals surface area contributed by atoms with Gasteiger partial charge in [0, 0.05) is 12.1 Å². The lowest BCUT2D eigenvalue weighted by Gasteiger charge is -2.09. The Balaban J connectivity index is 2.01. The summed E-state index contributed by atoms with van der Waals surface area (Å²) in [5.74, 6) is 1.06. The maximum Gasteiger partial charge on any atom is 0.127 e. The number of hydrogen-bond donors (Lipinski definition) is 1. The van der Waals surface area contributed by atoms with Crippen LogP contribution >= 0.6 is 0 Å². The van der Waals surface area contributed by atoms with Crippen molar-refractivity contribution in [1.82, 2.24) is 0 Å². The highest BCUT2D eigenvalue weighted by molar-refractivity contribution is 5.30. The van der Waals surface area contributed by atoms with Crippen LogP contribution in [-0.4, -0.2) is 12.6 Å². The zero-order chi connectivity index (χ0) is 11.5. The Bertz CT molecular complexity index is 361. The minimum Gasteiger partial charge on any atom is -0.493 e. The second-order valence-corrected chi connectivity index (χ2v) is 4.73. The first-order chi connectivity index (χ1) is 7.63. The van der Waals surface area contributed by atoms with Gasteiger partial charge in [0.25, 0.3) is 0 Å². The van der Waals surface area contributed by atoms with Crippen molar-refractivity contribution in [3.8, 4) is 5.75 Å². The van der Waals surface area contributed by atoms with Crippen LogP contribution in [0.4, 0.5) is 4.39 Å². The van der Waals surface area contributed by atoms with E-state index in [0.29, 0.717) is 24.7 Å². The highest BCUT2D eigenvalue weighted by Gasteiger charge is 2.22. The van der Waals surface area contributed by atoms with Crippen LogP contribution in [0.15, 0.2) is 18.2 Å².